The number of esters is 1. The predicted molar refractivity (Wildman–Crippen MR) is 54.0 cm³/mol. The number of alkyl halides is 1. The first-order valence-corrected chi connectivity index (χ1v) is 5.08. The lowest BCUT2D eigenvalue weighted by Gasteiger charge is -2.21. The smallest absolute Gasteiger partial charge is 0.308 e. The molecule has 17 heavy (non-hydrogen) atoms. The molecule has 1 aliphatic rings. The second-order valence-corrected chi connectivity index (χ2v) is 3.81. The third kappa shape index (κ3) is 3.89. The van der Waals surface area contributed by atoms with Crippen LogP contribution >= 0.6 is 0 Å². The second kappa shape index (κ2) is 5.86. The van der Waals surface area contributed by atoms with Gasteiger partial charge in [0.1, 0.15) is 6.17 Å². The summed E-state index contributed by atoms with van der Waals surface area (Å²) in [5.41, 5.74) is 0. The van der Waals surface area contributed by atoms with Crippen molar-refractivity contribution in [2.45, 2.75) is 25.1 Å². The number of halogens is 3. The summed E-state index contributed by atoms with van der Waals surface area (Å²) in [5, 5.41) is 9.44. The Bertz CT molecular complexity index is 352. The Labute approximate surface area is 96.6 Å². The maximum Gasteiger partial charge on any atom is 0.308 e. The van der Waals surface area contributed by atoms with Crippen LogP contribution < -0.4 is 0 Å². The number of hydrogen-bond acceptors (Lipinski definition) is 3. The molecule has 3 nitrogen and oxygen atoms in total. The van der Waals surface area contributed by atoms with E-state index in [0.29, 0.717) is 6.08 Å². The van der Waals surface area contributed by atoms with Crippen molar-refractivity contribution in [3.8, 4) is 0 Å². The standard InChI is InChI=1S/C11H13F3O3/c1-17-11(16)4-7(15)2-6-3-9(13)10(14)5-8(6)12/h3,5-8,15H,2,4H2,1H3. The molecule has 0 radical (unpaired) electrons. The molecule has 3 atom stereocenters. The maximum atomic E-state index is 13.3. The molecule has 0 aliphatic heterocycles. The largest absolute Gasteiger partial charge is 0.469 e. The van der Waals surface area contributed by atoms with E-state index in [9.17, 15) is 23.1 Å². The number of allylic oxidation sites excluding steroid dienone is 4. The Balaban J connectivity index is 2.55. The molecule has 1 rings (SSSR count). The fourth-order valence-corrected chi connectivity index (χ4v) is 1.57. The van der Waals surface area contributed by atoms with Gasteiger partial charge in [-0.25, -0.2) is 13.2 Å². The molecular weight excluding hydrogens is 237 g/mol. The highest BCUT2D eigenvalue weighted by molar-refractivity contribution is 5.69. The molecule has 0 heterocycles. The van der Waals surface area contributed by atoms with Crippen LogP contribution in [-0.2, 0) is 9.53 Å². The molecule has 0 aromatic rings. The van der Waals surface area contributed by atoms with E-state index in [0.717, 1.165) is 13.2 Å². The molecule has 1 N–H and O–H groups in total. The molecule has 0 bridgehead atoms. The molecule has 6 heteroatoms. The summed E-state index contributed by atoms with van der Waals surface area (Å²) in [6.07, 6.45) is -2.04. The van der Waals surface area contributed by atoms with Crippen molar-refractivity contribution >= 4 is 5.97 Å². The number of carbonyl (C=O) groups is 1. The van der Waals surface area contributed by atoms with Crippen LogP contribution in [0.3, 0.4) is 0 Å². The highest BCUT2D eigenvalue weighted by Gasteiger charge is 2.28. The lowest BCUT2D eigenvalue weighted by atomic mass is 9.91. The number of aliphatic hydroxyl groups excluding tert-OH is 1. The second-order valence-electron chi connectivity index (χ2n) is 3.81. The lowest BCUT2D eigenvalue weighted by molar-refractivity contribution is -0.143. The average Bonchev–Trinajstić information content (AvgIpc) is 2.25. The zero-order valence-corrected chi connectivity index (χ0v) is 9.20. The molecule has 0 aromatic heterocycles. The number of ether oxygens (including phenoxy) is 1. The van der Waals surface area contributed by atoms with E-state index < -0.39 is 35.8 Å². The van der Waals surface area contributed by atoms with Gasteiger partial charge in [-0.2, -0.15) is 0 Å². The summed E-state index contributed by atoms with van der Waals surface area (Å²) in [6.45, 7) is 0. The van der Waals surface area contributed by atoms with Crippen LogP contribution in [0.5, 0.6) is 0 Å². The Morgan fingerprint density at radius 1 is 1.47 bits per heavy atom. The van der Waals surface area contributed by atoms with Gasteiger partial charge < -0.3 is 9.84 Å². The van der Waals surface area contributed by atoms with Crippen molar-refractivity contribution in [1.82, 2.24) is 0 Å². The monoisotopic (exact) mass is 250 g/mol. The third-order valence-electron chi connectivity index (χ3n) is 2.48. The minimum atomic E-state index is -1.71. The van der Waals surface area contributed by atoms with Gasteiger partial charge in [-0.05, 0) is 18.6 Å². The van der Waals surface area contributed by atoms with Gasteiger partial charge in [0.25, 0.3) is 0 Å². The maximum absolute atomic E-state index is 13.3. The minimum absolute atomic E-state index is 0.173. The molecule has 0 amide bonds. The van der Waals surface area contributed by atoms with Gasteiger partial charge in [0.2, 0.25) is 0 Å². The molecule has 1 aliphatic carbocycles. The van der Waals surface area contributed by atoms with E-state index in [1.807, 2.05) is 0 Å². The lowest BCUT2D eigenvalue weighted by Crippen LogP contribution is -2.24. The van der Waals surface area contributed by atoms with Crippen LogP contribution in [0.15, 0.2) is 23.8 Å². The first-order valence-electron chi connectivity index (χ1n) is 5.08. The summed E-state index contributed by atoms with van der Waals surface area (Å²) < 4.78 is 43.1. The summed E-state index contributed by atoms with van der Waals surface area (Å²) in [4.78, 5) is 10.8. The van der Waals surface area contributed by atoms with Gasteiger partial charge in [-0.1, -0.05) is 0 Å². The predicted octanol–water partition coefficient (Wildman–Crippen LogP) is 1.98. The highest BCUT2D eigenvalue weighted by Crippen LogP contribution is 2.30. The van der Waals surface area contributed by atoms with E-state index in [1.165, 1.54) is 0 Å². The van der Waals surface area contributed by atoms with Crippen LogP contribution in [0, 0.1) is 5.92 Å². The van der Waals surface area contributed by atoms with E-state index in [-0.39, 0.29) is 12.8 Å². The zero-order chi connectivity index (χ0) is 13.0. The van der Waals surface area contributed by atoms with Gasteiger partial charge in [-0.3, -0.25) is 4.79 Å². The summed E-state index contributed by atoms with van der Waals surface area (Å²) >= 11 is 0. The Morgan fingerprint density at radius 3 is 2.65 bits per heavy atom. The molecule has 0 saturated heterocycles. The van der Waals surface area contributed by atoms with Gasteiger partial charge in [0.15, 0.2) is 11.7 Å². The van der Waals surface area contributed by atoms with Crippen LogP contribution in [0.4, 0.5) is 13.2 Å². The highest BCUT2D eigenvalue weighted by atomic mass is 19.2. The third-order valence-corrected chi connectivity index (χ3v) is 2.48. The summed E-state index contributed by atoms with van der Waals surface area (Å²) in [7, 11) is 1.16. The zero-order valence-electron chi connectivity index (χ0n) is 9.20. The quantitative estimate of drug-likeness (QED) is 0.776. The first kappa shape index (κ1) is 13.8. The van der Waals surface area contributed by atoms with Gasteiger partial charge in [0, 0.05) is 5.92 Å². The molecule has 3 unspecified atom stereocenters. The van der Waals surface area contributed by atoms with Gasteiger partial charge in [-0.15, -0.1) is 0 Å². The molecule has 0 spiro atoms. The Kier molecular flexibility index (Phi) is 4.74. The van der Waals surface area contributed by atoms with Crippen molar-refractivity contribution in [2.75, 3.05) is 7.11 Å². The fraction of sp³-hybridized carbons (Fsp3) is 0.545. The SMILES string of the molecule is COC(=O)CC(O)CC1C=C(F)C(F)=CC1F. The Hall–Kier alpha value is -1.30. The van der Waals surface area contributed by atoms with E-state index in [2.05, 4.69) is 4.74 Å². The van der Waals surface area contributed by atoms with Crippen LogP contribution in [0.1, 0.15) is 12.8 Å². The Morgan fingerprint density at radius 2 is 2.06 bits per heavy atom. The topological polar surface area (TPSA) is 46.5 Å². The number of carbonyl (C=O) groups excluding carboxylic acids is 1. The van der Waals surface area contributed by atoms with Crippen LogP contribution in [0.25, 0.3) is 0 Å². The molecule has 0 aromatic carbocycles. The average molecular weight is 250 g/mol. The van der Waals surface area contributed by atoms with Gasteiger partial charge >= 0.3 is 5.97 Å². The molecule has 96 valence electrons. The van der Waals surface area contributed by atoms with Crippen molar-refractivity contribution in [1.29, 1.82) is 0 Å². The molecule has 0 saturated carbocycles. The normalized spacial score (nSPS) is 25.9. The summed E-state index contributed by atoms with van der Waals surface area (Å²) in [6, 6.07) is 0. The fourth-order valence-electron chi connectivity index (χ4n) is 1.57. The van der Waals surface area contributed by atoms with Crippen molar-refractivity contribution in [3.63, 3.8) is 0 Å². The van der Waals surface area contributed by atoms with Crippen LogP contribution in [0.2, 0.25) is 0 Å². The van der Waals surface area contributed by atoms with E-state index in [1.54, 1.807) is 0 Å². The molecule has 0 fully saturated rings. The number of rotatable bonds is 4. The van der Waals surface area contributed by atoms with Crippen molar-refractivity contribution in [2.24, 2.45) is 5.92 Å². The van der Waals surface area contributed by atoms with E-state index >= 15 is 0 Å². The van der Waals surface area contributed by atoms with E-state index in [4.69, 9.17) is 0 Å². The minimum Gasteiger partial charge on any atom is -0.469 e. The number of aliphatic hydroxyl groups is 1. The van der Waals surface area contributed by atoms with Crippen molar-refractivity contribution < 1.29 is 27.8 Å². The van der Waals surface area contributed by atoms with Crippen molar-refractivity contribution in [3.05, 3.63) is 23.8 Å². The molecular formula is C11H13F3O3. The van der Waals surface area contributed by atoms with Crippen LogP contribution in [-0.4, -0.2) is 30.5 Å². The first-order chi connectivity index (χ1) is 7.93. The number of methoxy groups -OCH3 is 1. The van der Waals surface area contributed by atoms with Gasteiger partial charge in [0.05, 0.1) is 19.6 Å². The number of hydrogen-bond donors (Lipinski definition) is 1. The summed E-state index contributed by atoms with van der Waals surface area (Å²) in [5.74, 6) is -4.01.